The minimum absolute atomic E-state index is 0.0666. The summed E-state index contributed by atoms with van der Waals surface area (Å²) in [6.07, 6.45) is 2.37. The van der Waals surface area contributed by atoms with Crippen molar-refractivity contribution in [1.29, 1.82) is 0 Å². The van der Waals surface area contributed by atoms with Gasteiger partial charge >= 0.3 is 0 Å². The maximum absolute atomic E-state index is 10.5. The summed E-state index contributed by atoms with van der Waals surface area (Å²) in [6.45, 7) is 3.00. The summed E-state index contributed by atoms with van der Waals surface area (Å²) in [5, 5.41) is 0. The Hall–Kier alpha value is -1.21. The molecule has 1 N–H and O–H groups in total. The van der Waals surface area contributed by atoms with E-state index in [9.17, 15) is 8.42 Å². The number of rotatable bonds is 5. The highest BCUT2D eigenvalue weighted by Gasteiger charge is 2.06. The summed E-state index contributed by atoms with van der Waals surface area (Å²) in [6, 6.07) is 14.4. The molecule has 0 amide bonds. The molecule has 0 aromatic heterocycles. The van der Waals surface area contributed by atoms with Crippen molar-refractivity contribution in [1.82, 2.24) is 4.90 Å². The second-order valence-electron chi connectivity index (χ2n) is 5.79. The van der Waals surface area contributed by atoms with Crippen molar-refractivity contribution < 1.29 is 13.0 Å². The number of hydrogen-bond donors (Lipinski definition) is 1. The third-order valence-electron chi connectivity index (χ3n) is 3.33. The van der Waals surface area contributed by atoms with Gasteiger partial charge in [0.15, 0.2) is 0 Å². The molecule has 0 fully saturated rings. The van der Waals surface area contributed by atoms with Crippen molar-refractivity contribution in [2.45, 2.75) is 24.7 Å². The van der Waals surface area contributed by atoms with Crippen LogP contribution in [-0.4, -0.2) is 38.5 Å². The first-order valence-corrected chi connectivity index (χ1v) is 9.86. The Balaban J connectivity index is 0.000000243. The molecule has 4 nitrogen and oxygen atoms in total. The van der Waals surface area contributed by atoms with E-state index in [0.29, 0.717) is 0 Å². The molecule has 2 rings (SSSR count). The van der Waals surface area contributed by atoms with Crippen LogP contribution in [0.4, 0.5) is 0 Å². The molecule has 0 saturated heterocycles. The lowest BCUT2D eigenvalue weighted by Gasteiger charge is -2.09. The van der Waals surface area contributed by atoms with Gasteiger partial charge in [0.25, 0.3) is 10.1 Å². The lowest BCUT2D eigenvalue weighted by Crippen LogP contribution is -2.13. The van der Waals surface area contributed by atoms with Crippen molar-refractivity contribution >= 4 is 26.0 Å². The van der Waals surface area contributed by atoms with E-state index in [1.807, 2.05) is 6.92 Å². The predicted octanol–water partition coefficient (Wildman–Crippen LogP) is 4.19. The summed E-state index contributed by atoms with van der Waals surface area (Å²) >= 11 is 3.55. The van der Waals surface area contributed by atoms with E-state index in [2.05, 4.69) is 59.2 Å². The third-order valence-corrected chi connectivity index (χ3v) is 4.97. The first kappa shape index (κ1) is 20.8. The van der Waals surface area contributed by atoms with Gasteiger partial charge in [0.05, 0.1) is 4.90 Å². The van der Waals surface area contributed by atoms with Crippen molar-refractivity contribution in [3.8, 4) is 0 Å². The average molecular weight is 414 g/mol. The van der Waals surface area contributed by atoms with Crippen LogP contribution in [0.1, 0.15) is 17.5 Å². The van der Waals surface area contributed by atoms with Crippen molar-refractivity contribution in [3.05, 3.63) is 64.1 Å². The highest BCUT2D eigenvalue weighted by Crippen LogP contribution is 2.17. The molecule has 6 heteroatoms. The van der Waals surface area contributed by atoms with E-state index < -0.39 is 10.1 Å². The van der Waals surface area contributed by atoms with E-state index in [1.165, 1.54) is 28.6 Å². The van der Waals surface area contributed by atoms with Gasteiger partial charge in [0.1, 0.15) is 0 Å². The van der Waals surface area contributed by atoms with Crippen molar-refractivity contribution in [3.63, 3.8) is 0 Å². The number of benzene rings is 2. The molecule has 0 heterocycles. The maximum atomic E-state index is 10.5. The molecular weight excluding hydrogens is 390 g/mol. The summed E-state index contributed by atoms with van der Waals surface area (Å²) in [5.74, 6) is 0. The van der Waals surface area contributed by atoms with Crippen LogP contribution in [-0.2, 0) is 16.5 Å². The largest absolute Gasteiger partial charge is 0.309 e. The Bertz CT molecular complexity index is 728. The zero-order chi connectivity index (χ0) is 18.2. The molecule has 0 bridgehead atoms. The molecule has 0 aliphatic rings. The lowest BCUT2D eigenvalue weighted by atomic mass is 10.1. The number of nitrogens with zero attached hydrogens (tertiary/aromatic N) is 1. The molecule has 0 aliphatic heterocycles. The fourth-order valence-electron chi connectivity index (χ4n) is 2.00. The minimum atomic E-state index is -4.02. The molecule has 2 aromatic rings. The van der Waals surface area contributed by atoms with Crippen molar-refractivity contribution in [2.75, 3.05) is 20.6 Å². The van der Waals surface area contributed by atoms with E-state index in [0.717, 1.165) is 18.5 Å². The van der Waals surface area contributed by atoms with E-state index in [1.54, 1.807) is 12.1 Å². The first-order valence-electron chi connectivity index (χ1n) is 7.62. The Labute approximate surface area is 153 Å². The molecule has 0 saturated carbocycles. The van der Waals surface area contributed by atoms with Crippen LogP contribution in [0.25, 0.3) is 0 Å². The first-order chi connectivity index (χ1) is 11.2. The molecule has 0 unspecified atom stereocenters. The Morgan fingerprint density at radius 2 is 1.62 bits per heavy atom. The smallest absolute Gasteiger partial charge is 0.294 e. The lowest BCUT2D eigenvalue weighted by molar-refractivity contribution is 0.400. The molecule has 0 radical (unpaired) electrons. The van der Waals surface area contributed by atoms with Crippen LogP contribution < -0.4 is 0 Å². The zero-order valence-electron chi connectivity index (χ0n) is 14.2. The summed E-state index contributed by atoms with van der Waals surface area (Å²) in [5.41, 5.74) is 2.36. The number of aryl methyl sites for hydroxylation is 2. The standard InChI is InChI=1S/C11H16BrN.C7H8O3S/c1-13(2)9-5-7-10-6-3-4-8-11(10)12;1-6-2-4-7(5-3-6)11(8,9)10/h3-4,6,8H,5,7,9H2,1-2H3;2-5H,1H3,(H,8,9,10). The van der Waals surface area contributed by atoms with Gasteiger partial charge in [-0.2, -0.15) is 8.42 Å². The molecular formula is C18H24BrNO3S. The van der Waals surface area contributed by atoms with Crippen LogP contribution in [0.2, 0.25) is 0 Å². The summed E-state index contributed by atoms with van der Waals surface area (Å²) in [4.78, 5) is 2.15. The maximum Gasteiger partial charge on any atom is 0.294 e. The van der Waals surface area contributed by atoms with Crippen LogP contribution >= 0.6 is 15.9 Å². The highest BCUT2D eigenvalue weighted by atomic mass is 79.9. The van der Waals surface area contributed by atoms with Gasteiger partial charge in [-0.25, -0.2) is 0 Å². The predicted molar refractivity (Wildman–Crippen MR) is 102 cm³/mol. The normalized spacial score (nSPS) is 11.1. The Morgan fingerprint density at radius 1 is 1.04 bits per heavy atom. The molecule has 2 aromatic carbocycles. The second-order valence-corrected chi connectivity index (χ2v) is 8.06. The van der Waals surface area contributed by atoms with E-state index in [-0.39, 0.29) is 4.90 Å². The quantitative estimate of drug-likeness (QED) is 0.746. The molecule has 132 valence electrons. The fraction of sp³-hybridized carbons (Fsp3) is 0.333. The SMILES string of the molecule is CN(C)CCCc1ccccc1Br.Cc1ccc(S(=O)(=O)O)cc1. The van der Waals surface area contributed by atoms with E-state index in [4.69, 9.17) is 4.55 Å². The van der Waals surface area contributed by atoms with Gasteiger partial charge in [-0.1, -0.05) is 51.8 Å². The third kappa shape index (κ3) is 8.06. The molecule has 0 spiro atoms. The van der Waals surface area contributed by atoms with Gasteiger partial charge < -0.3 is 4.90 Å². The topological polar surface area (TPSA) is 57.6 Å². The summed E-state index contributed by atoms with van der Waals surface area (Å²) < 4.78 is 30.8. The number of halogens is 1. The fourth-order valence-corrected chi connectivity index (χ4v) is 2.96. The Kier molecular flexibility index (Phi) is 8.62. The van der Waals surface area contributed by atoms with Crippen LogP contribution in [0.15, 0.2) is 57.9 Å². The van der Waals surface area contributed by atoms with Gasteiger partial charge in [-0.15, -0.1) is 0 Å². The zero-order valence-corrected chi connectivity index (χ0v) is 16.6. The van der Waals surface area contributed by atoms with Gasteiger partial charge in [-0.05, 0) is 64.2 Å². The van der Waals surface area contributed by atoms with Crippen LogP contribution in [0.5, 0.6) is 0 Å². The highest BCUT2D eigenvalue weighted by molar-refractivity contribution is 9.10. The van der Waals surface area contributed by atoms with Gasteiger partial charge in [0.2, 0.25) is 0 Å². The number of hydrogen-bond acceptors (Lipinski definition) is 3. The van der Waals surface area contributed by atoms with Crippen LogP contribution in [0, 0.1) is 6.92 Å². The molecule has 0 aliphatic carbocycles. The minimum Gasteiger partial charge on any atom is -0.309 e. The van der Waals surface area contributed by atoms with Gasteiger partial charge in [0, 0.05) is 4.47 Å². The second kappa shape index (κ2) is 9.93. The average Bonchev–Trinajstić information content (AvgIpc) is 2.49. The Morgan fingerprint density at radius 3 is 2.12 bits per heavy atom. The molecule has 0 atom stereocenters. The van der Waals surface area contributed by atoms with Crippen molar-refractivity contribution in [2.24, 2.45) is 0 Å². The molecule has 24 heavy (non-hydrogen) atoms. The monoisotopic (exact) mass is 413 g/mol. The summed E-state index contributed by atoms with van der Waals surface area (Å²) in [7, 11) is 0.203. The van der Waals surface area contributed by atoms with Gasteiger partial charge in [-0.3, -0.25) is 4.55 Å². The van der Waals surface area contributed by atoms with Crippen LogP contribution in [0.3, 0.4) is 0 Å². The van der Waals surface area contributed by atoms with E-state index >= 15 is 0 Å².